The van der Waals surface area contributed by atoms with Gasteiger partial charge in [0.25, 0.3) is 5.69 Å². The SMILES string of the molecule is O=C1C2C(c3cc(Cl)cc(Cl)c3Cl)NC(Cc3ccccc3)(C(=O)O)C2C(=O)N1c1cccc([N+](=O)[O-])c1. The van der Waals surface area contributed by atoms with E-state index in [9.17, 15) is 29.6 Å². The highest BCUT2D eigenvalue weighted by molar-refractivity contribution is 6.43. The molecule has 12 heteroatoms. The second-order valence-electron chi connectivity index (χ2n) is 9.14. The molecule has 2 saturated heterocycles. The van der Waals surface area contributed by atoms with Crippen molar-refractivity contribution in [3.05, 3.63) is 103 Å². The number of rotatable bonds is 6. The van der Waals surface area contributed by atoms with E-state index in [4.69, 9.17) is 34.8 Å². The van der Waals surface area contributed by atoms with Gasteiger partial charge in [0, 0.05) is 29.6 Å². The van der Waals surface area contributed by atoms with E-state index in [1.54, 1.807) is 30.3 Å². The third-order valence-corrected chi connectivity index (χ3v) is 8.05. The van der Waals surface area contributed by atoms with Crippen LogP contribution in [0.1, 0.15) is 17.2 Å². The van der Waals surface area contributed by atoms with E-state index in [1.165, 1.54) is 30.3 Å². The van der Waals surface area contributed by atoms with Gasteiger partial charge in [0.05, 0.1) is 32.5 Å². The average molecular weight is 575 g/mol. The fourth-order valence-electron chi connectivity index (χ4n) is 5.43. The molecule has 9 nitrogen and oxygen atoms in total. The van der Waals surface area contributed by atoms with Crippen LogP contribution in [0.3, 0.4) is 0 Å². The van der Waals surface area contributed by atoms with Crippen LogP contribution < -0.4 is 10.2 Å². The molecule has 4 unspecified atom stereocenters. The fraction of sp³-hybridized carbons (Fsp3) is 0.192. The van der Waals surface area contributed by atoms with Gasteiger partial charge >= 0.3 is 5.97 Å². The lowest BCUT2D eigenvalue weighted by molar-refractivity contribution is -0.384. The standard InChI is InChI=1S/C26H18Cl3N3O6/c27-14-9-17(21(29)18(28)10-14)22-19-20(26(30-22,25(35)36)12-13-5-2-1-3-6-13)24(34)31(23(19)33)15-7-4-8-16(11-15)32(37)38/h1-11,19-20,22,30H,12H2,(H,35,36). The zero-order valence-corrected chi connectivity index (χ0v) is 21.6. The molecule has 194 valence electrons. The first-order chi connectivity index (χ1) is 18.0. The number of amides is 2. The molecule has 3 aromatic carbocycles. The maximum Gasteiger partial charge on any atom is 0.325 e. The smallest absolute Gasteiger partial charge is 0.325 e. The molecule has 2 aliphatic rings. The Bertz CT molecular complexity index is 1500. The van der Waals surface area contributed by atoms with Gasteiger partial charge in [-0.3, -0.25) is 29.8 Å². The van der Waals surface area contributed by atoms with E-state index in [1.807, 2.05) is 0 Å². The fourth-order valence-corrected chi connectivity index (χ4v) is 6.16. The number of anilines is 1. The van der Waals surface area contributed by atoms with Gasteiger partial charge in [0.1, 0.15) is 5.54 Å². The lowest BCUT2D eigenvalue weighted by Crippen LogP contribution is -2.57. The third kappa shape index (κ3) is 4.12. The van der Waals surface area contributed by atoms with E-state index in [2.05, 4.69) is 5.32 Å². The van der Waals surface area contributed by atoms with Crippen molar-refractivity contribution in [3.8, 4) is 0 Å². The number of carbonyl (C=O) groups excluding carboxylic acids is 2. The number of imide groups is 1. The molecule has 0 radical (unpaired) electrons. The third-order valence-electron chi connectivity index (χ3n) is 7.02. The summed E-state index contributed by atoms with van der Waals surface area (Å²) < 4.78 is 0. The number of benzene rings is 3. The maximum atomic E-state index is 13.9. The minimum atomic E-state index is -1.92. The van der Waals surface area contributed by atoms with Crippen LogP contribution in [0, 0.1) is 22.0 Å². The van der Waals surface area contributed by atoms with E-state index < -0.39 is 46.1 Å². The molecular formula is C26H18Cl3N3O6. The van der Waals surface area contributed by atoms with E-state index in [0.29, 0.717) is 5.56 Å². The second kappa shape index (κ2) is 9.67. The molecule has 0 aliphatic carbocycles. The lowest BCUT2D eigenvalue weighted by Gasteiger charge is -2.31. The van der Waals surface area contributed by atoms with Crippen LogP contribution in [-0.4, -0.2) is 33.4 Å². The highest BCUT2D eigenvalue weighted by Gasteiger charge is 2.69. The van der Waals surface area contributed by atoms with E-state index >= 15 is 0 Å². The van der Waals surface area contributed by atoms with Crippen molar-refractivity contribution < 1.29 is 24.4 Å². The number of nitro benzene ring substituents is 1. The largest absolute Gasteiger partial charge is 0.480 e. The summed E-state index contributed by atoms with van der Waals surface area (Å²) in [6.07, 6.45) is -0.130. The van der Waals surface area contributed by atoms with Gasteiger partial charge < -0.3 is 5.11 Å². The molecule has 2 amide bonds. The van der Waals surface area contributed by atoms with Crippen molar-refractivity contribution in [2.45, 2.75) is 18.0 Å². The molecule has 0 aromatic heterocycles. The van der Waals surface area contributed by atoms with Crippen molar-refractivity contribution >= 4 is 64.0 Å². The molecule has 0 spiro atoms. The van der Waals surface area contributed by atoms with Crippen LogP contribution in [0.2, 0.25) is 15.1 Å². The average Bonchev–Trinajstić information content (AvgIpc) is 3.36. The number of hydrogen-bond acceptors (Lipinski definition) is 6. The van der Waals surface area contributed by atoms with Crippen molar-refractivity contribution in [1.29, 1.82) is 0 Å². The number of non-ortho nitro benzene ring substituents is 1. The van der Waals surface area contributed by atoms with Gasteiger partial charge in [-0.1, -0.05) is 71.2 Å². The number of fused-ring (bicyclic) bond motifs is 1. The highest BCUT2D eigenvalue weighted by atomic mass is 35.5. The molecular weight excluding hydrogens is 557 g/mol. The number of halogens is 3. The predicted octanol–water partition coefficient (Wildman–Crippen LogP) is 5.07. The minimum absolute atomic E-state index is 0.0310. The topological polar surface area (TPSA) is 130 Å². The van der Waals surface area contributed by atoms with Crippen molar-refractivity contribution in [2.24, 2.45) is 11.8 Å². The van der Waals surface area contributed by atoms with Gasteiger partial charge in [0.2, 0.25) is 11.8 Å². The normalized spacial score (nSPS) is 24.5. The van der Waals surface area contributed by atoms with Crippen molar-refractivity contribution in [2.75, 3.05) is 4.90 Å². The first kappa shape index (κ1) is 26.1. The number of nitro groups is 1. The zero-order chi connectivity index (χ0) is 27.4. The number of carbonyl (C=O) groups is 3. The number of nitrogens with one attached hydrogen (secondary N) is 1. The Morgan fingerprint density at radius 3 is 2.39 bits per heavy atom. The Balaban J connectivity index is 1.70. The molecule has 2 heterocycles. The van der Waals surface area contributed by atoms with Crippen molar-refractivity contribution in [3.63, 3.8) is 0 Å². The molecule has 0 saturated carbocycles. The second-order valence-corrected chi connectivity index (χ2v) is 10.4. The van der Waals surface area contributed by atoms with Crippen LogP contribution in [0.4, 0.5) is 11.4 Å². The Morgan fingerprint density at radius 1 is 1.03 bits per heavy atom. The van der Waals surface area contributed by atoms with Crippen LogP contribution >= 0.6 is 34.8 Å². The van der Waals surface area contributed by atoms with Crippen molar-refractivity contribution in [1.82, 2.24) is 5.32 Å². The minimum Gasteiger partial charge on any atom is -0.480 e. The summed E-state index contributed by atoms with van der Waals surface area (Å²) in [4.78, 5) is 52.3. The zero-order valence-electron chi connectivity index (χ0n) is 19.3. The Labute approximate surface area is 231 Å². The Hall–Kier alpha value is -3.50. The summed E-state index contributed by atoms with van der Waals surface area (Å²) >= 11 is 19.0. The van der Waals surface area contributed by atoms with Gasteiger partial charge in [-0.25, -0.2) is 4.90 Å². The quantitative estimate of drug-likeness (QED) is 0.182. The molecule has 38 heavy (non-hydrogen) atoms. The summed E-state index contributed by atoms with van der Waals surface area (Å²) in [6.45, 7) is 0. The molecule has 5 rings (SSSR count). The summed E-state index contributed by atoms with van der Waals surface area (Å²) in [5.41, 5.74) is -1.40. The number of nitrogens with zero attached hydrogens (tertiary/aromatic N) is 2. The summed E-state index contributed by atoms with van der Waals surface area (Å²) in [7, 11) is 0. The summed E-state index contributed by atoms with van der Waals surface area (Å²) in [6, 6.07) is 15.6. The predicted molar refractivity (Wildman–Crippen MR) is 140 cm³/mol. The molecule has 2 N–H and O–H groups in total. The molecule has 0 bridgehead atoms. The maximum absolute atomic E-state index is 13.9. The van der Waals surface area contributed by atoms with E-state index in [-0.39, 0.29) is 38.4 Å². The molecule has 2 aliphatic heterocycles. The Morgan fingerprint density at radius 2 is 1.74 bits per heavy atom. The molecule has 3 aromatic rings. The van der Waals surface area contributed by atoms with E-state index in [0.717, 1.165) is 11.0 Å². The van der Waals surface area contributed by atoms with Crippen LogP contribution in [0.15, 0.2) is 66.7 Å². The highest BCUT2D eigenvalue weighted by Crippen LogP contribution is 2.52. The van der Waals surface area contributed by atoms with Gasteiger partial charge in [0.15, 0.2) is 0 Å². The Kier molecular flexibility index (Phi) is 6.65. The van der Waals surface area contributed by atoms with Crippen LogP contribution in [0.25, 0.3) is 0 Å². The summed E-state index contributed by atoms with van der Waals surface area (Å²) in [5, 5.41) is 25.3. The lowest BCUT2D eigenvalue weighted by atomic mass is 9.76. The first-order valence-electron chi connectivity index (χ1n) is 11.4. The number of aliphatic carboxylic acids is 1. The number of hydrogen-bond donors (Lipinski definition) is 2. The van der Waals surface area contributed by atoms with Gasteiger partial charge in [-0.15, -0.1) is 0 Å². The molecule has 2 fully saturated rings. The number of carboxylic acid groups (broad SMARTS) is 1. The molecule has 4 atom stereocenters. The van der Waals surface area contributed by atoms with Gasteiger partial charge in [-0.05, 0) is 29.3 Å². The monoisotopic (exact) mass is 573 g/mol. The van der Waals surface area contributed by atoms with Gasteiger partial charge in [-0.2, -0.15) is 0 Å². The van der Waals surface area contributed by atoms with Crippen LogP contribution in [-0.2, 0) is 20.8 Å². The first-order valence-corrected chi connectivity index (χ1v) is 12.5. The van der Waals surface area contributed by atoms with Crippen LogP contribution in [0.5, 0.6) is 0 Å². The summed E-state index contributed by atoms with van der Waals surface area (Å²) in [5.74, 6) is -5.44. The number of carboxylic acids is 1.